The zero-order valence-corrected chi connectivity index (χ0v) is 12.1. The molecule has 1 aliphatic rings. The fraction of sp³-hybridized carbons (Fsp3) is 0.846. The first-order chi connectivity index (χ1) is 8.95. The molecule has 0 aliphatic carbocycles. The molecule has 6 nitrogen and oxygen atoms in total. The number of hydrogen-bond donors (Lipinski definition) is 2. The van der Waals surface area contributed by atoms with Crippen molar-refractivity contribution < 1.29 is 14.7 Å². The molecule has 1 saturated heterocycles. The summed E-state index contributed by atoms with van der Waals surface area (Å²) in [6, 6.07) is -0.928. The number of carboxylic acid groups (broad SMARTS) is 1. The number of carboxylic acids is 1. The molecule has 110 valence electrons. The number of rotatable bonds is 5. The molecule has 0 bridgehead atoms. The number of aliphatic carboxylic acids is 1. The molecular formula is C13H25N3O3. The number of urea groups is 1. The Labute approximate surface area is 114 Å². The lowest BCUT2D eigenvalue weighted by Crippen LogP contribution is -2.57. The van der Waals surface area contributed by atoms with Crippen LogP contribution in [-0.2, 0) is 4.79 Å². The number of carbonyl (C=O) groups excluding carboxylic acids is 1. The van der Waals surface area contributed by atoms with Crippen LogP contribution in [0.2, 0.25) is 0 Å². The number of unbranched alkanes of at least 4 members (excludes halogenated alkanes) is 1. The van der Waals surface area contributed by atoms with Gasteiger partial charge in [0, 0.05) is 25.7 Å². The highest BCUT2D eigenvalue weighted by atomic mass is 16.4. The summed E-state index contributed by atoms with van der Waals surface area (Å²) in [6.07, 6.45) is 2.21. The summed E-state index contributed by atoms with van der Waals surface area (Å²) in [5, 5.41) is 11.7. The van der Waals surface area contributed by atoms with Gasteiger partial charge in [-0.15, -0.1) is 0 Å². The minimum Gasteiger partial charge on any atom is -0.480 e. The number of piperazine rings is 1. The van der Waals surface area contributed by atoms with Crippen molar-refractivity contribution in [2.24, 2.45) is 0 Å². The summed E-state index contributed by atoms with van der Waals surface area (Å²) in [7, 11) is 2.02. The van der Waals surface area contributed by atoms with Gasteiger partial charge in [0.1, 0.15) is 6.04 Å². The maximum Gasteiger partial charge on any atom is 0.326 e. The van der Waals surface area contributed by atoms with E-state index in [1.807, 2.05) is 20.9 Å². The lowest BCUT2D eigenvalue weighted by atomic mass is 10.1. The molecule has 0 saturated carbocycles. The standard InChI is InChI=1S/C13H25N3O3/c1-4-5-6-11(12(17)18)14-13(19)16-8-7-15(3)9-10(16)2/h10-11H,4-9H2,1-3H3,(H,14,19)(H,17,18). The van der Waals surface area contributed by atoms with E-state index in [0.717, 1.165) is 25.9 Å². The Balaban J connectivity index is 2.53. The third-order valence-electron chi connectivity index (χ3n) is 3.53. The van der Waals surface area contributed by atoms with Crippen LogP contribution in [0.4, 0.5) is 4.79 Å². The molecular weight excluding hydrogens is 246 g/mol. The second-order valence-electron chi connectivity index (χ2n) is 5.29. The number of likely N-dealkylation sites (N-methyl/N-ethyl adjacent to an activating group) is 1. The van der Waals surface area contributed by atoms with Crippen molar-refractivity contribution in [1.82, 2.24) is 15.1 Å². The number of carbonyl (C=O) groups is 2. The van der Waals surface area contributed by atoms with Gasteiger partial charge < -0.3 is 20.2 Å². The second kappa shape index (κ2) is 7.33. The van der Waals surface area contributed by atoms with E-state index >= 15 is 0 Å². The van der Waals surface area contributed by atoms with Crippen LogP contribution in [0.3, 0.4) is 0 Å². The van der Waals surface area contributed by atoms with Gasteiger partial charge >= 0.3 is 12.0 Å². The van der Waals surface area contributed by atoms with E-state index in [1.54, 1.807) is 4.90 Å². The van der Waals surface area contributed by atoms with Crippen LogP contribution in [-0.4, -0.2) is 65.7 Å². The Hall–Kier alpha value is -1.30. The maximum atomic E-state index is 12.1. The largest absolute Gasteiger partial charge is 0.480 e. The molecule has 19 heavy (non-hydrogen) atoms. The number of hydrogen-bond acceptors (Lipinski definition) is 3. The van der Waals surface area contributed by atoms with Crippen LogP contribution in [0, 0.1) is 0 Å². The van der Waals surface area contributed by atoms with Crippen molar-refractivity contribution in [1.29, 1.82) is 0 Å². The van der Waals surface area contributed by atoms with Crippen LogP contribution < -0.4 is 5.32 Å². The third kappa shape index (κ3) is 4.70. The van der Waals surface area contributed by atoms with Gasteiger partial charge in [-0.25, -0.2) is 9.59 Å². The Morgan fingerprint density at radius 1 is 1.42 bits per heavy atom. The Kier molecular flexibility index (Phi) is 6.08. The van der Waals surface area contributed by atoms with Crippen molar-refractivity contribution in [3.8, 4) is 0 Å². The van der Waals surface area contributed by atoms with Crippen LogP contribution in [0.5, 0.6) is 0 Å². The fourth-order valence-corrected chi connectivity index (χ4v) is 2.34. The molecule has 6 heteroatoms. The van der Waals surface area contributed by atoms with Gasteiger partial charge in [0.2, 0.25) is 0 Å². The fourth-order valence-electron chi connectivity index (χ4n) is 2.34. The van der Waals surface area contributed by atoms with E-state index in [2.05, 4.69) is 10.2 Å². The highest BCUT2D eigenvalue weighted by Crippen LogP contribution is 2.09. The maximum absolute atomic E-state index is 12.1. The second-order valence-corrected chi connectivity index (χ2v) is 5.29. The monoisotopic (exact) mass is 271 g/mol. The molecule has 2 unspecified atom stereocenters. The van der Waals surface area contributed by atoms with Gasteiger partial charge in [-0.2, -0.15) is 0 Å². The van der Waals surface area contributed by atoms with Crippen LogP contribution in [0.15, 0.2) is 0 Å². The Morgan fingerprint density at radius 2 is 2.11 bits per heavy atom. The highest BCUT2D eigenvalue weighted by Gasteiger charge is 2.28. The van der Waals surface area contributed by atoms with Gasteiger partial charge in [-0.05, 0) is 20.4 Å². The van der Waals surface area contributed by atoms with Crippen LogP contribution in [0.1, 0.15) is 33.1 Å². The van der Waals surface area contributed by atoms with Crippen LogP contribution in [0.25, 0.3) is 0 Å². The molecule has 2 amide bonds. The van der Waals surface area contributed by atoms with Gasteiger partial charge in [-0.1, -0.05) is 19.8 Å². The van der Waals surface area contributed by atoms with Gasteiger partial charge in [0.25, 0.3) is 0 Å². The van der Waals surface area contributed by atoms with Crippen molar-refractivity contribution in [2.75, 3.05) is 26.7 Å². The molecule has 1 aliphatic heterocycles. The molecule has 0 aromatic rings. The summed E-state index contributed by atoms with van der Waals surface area (Å²) in [5.41, 5.74) is 0. The summed E-state index contributed by atoms with van der Waals surface area (Å²) in [5.74, 6) is -0.955. The normalized spacial score (nSPS) is 22.1. The average molecular weight is 271 g/mol. The zero-order chi connectivity index (χ0) is 14.4. The first-order valence-corrected chi connectivity index (χ1v) is 6.94. The predicted molar refractivity (Wildman–Crippen MR) is 73.1 cm³/mol. The number of nitrogens with one attached hydrogen (secondary N) is 1. The molecule has 2 N–H and O–H groups in total. The van der Waals surface area contributed by atoms with Crippen molar-refractivity contribution in [3.63, 3.8) is 0 Å². The van der Waals surface area contributed by atoms with E-state index in [1.165, 1.54) is 0 Å². The summed E-state index contributed by atoms with van der Waals surface area (Å²) < 4.78 is 0. The molecule has 2 atom stereocenters. The lowest BCUT2D eigenvalue weighted by molar-refractivity contribution is -0.139. The first kappa shape index (κ1) is 15.8. The molecule has 0 aromatic carbocycles. The summed E-state index contributed by atoms with van der Waals surface area (Å²) in [6.45, 7) is 6.27. The summed E-state index contributed by atoms with van der Waals surface area (Å²) in [4.78, 5) is 27.1. The Bertz CT molecular complexity index is 322. The predicted octanol–water partition coefficient (Wildman–Crippen LogP) is 0.975. The molecule has 0 radical (unpaired) electrons. The highest BCUT2D eigenvalue weighted by molar-refractivity contribution is 5.82. The smallest absolute Gasteiger partial charge is 0.326 e. The SMILES string of the molecule is CCCCC(NC(=O)N1CCN(C)CC1C)C(=O)O. The van der Waals surface area contributed by atoms with E-state index < -0.39 is 12.0 Å². The number of nitrogens with zero attached hydrogens (tertiary/aromatic N) is 2. The van der Waals surface area contributed by atoms with Gasteiger partial charge in [-0.3, -0.25) is 0 Å². The van der Waals surface area contributed by atoms with E-state index in [4.69, 9.17) is 5.11 Å². The van der Waals surface area contributed by atoms with Crippen molar-refractivity contribution in [3.05, 3.63) is 0 Å². The summed E-state index contributed by atoms with van der Waals surface area (Å²) >= 11 is 0. The van der Waals surface area contributed by atoms with Gasteiger partial charge in [0.05, 0.1) is 0 Å². The van der Waals surface area contributed by atoms with Crippen molar-refractivity contribution in [2.45, 2.75) is 45.2 Å². The average Bonchev–Trinajstić information content (AvgIpc) is 2.33. The molecule has 0 aromatic heterocycles. The molecule has 1 fully saturated rings. The van der Waals surface area contributed by atoms with E-state index in [0.29, 0.717) is 13.0 Å². The topological polar surface area (TPSA) is 72.9 Å². The molecule has 1 rings (SSSR count). The minimum atomic E-state index is -0.955. The third-order valence-corrected chi connectivity index (χ3v) is 3.53. The van der Waals surface area contributed by atoms with E-state index in [-0.39, 0.29) is 12.1 Å². The van der Waals surface area contributed by atoms with Gasteiger partial charge in [0.15, 0.2) is 0 Å². The molecule has 0 spiro atoms. The quantitative estimate of drug-likeness (QED) is 0.781. The minimum absolute atomic E-state index is 0.111. The lowest BCUT2D eigenvalue weighted by Gasteiger charge is -2.38. The molecule has 1 heterocycles. The van der Waals surface area contributed by atoms with Crippen molar-refractivity contribution >= 4 is 12.0 Å². The first-order valence-electron chi connectivity index (χ1n) is 6.94. The zero-order valence-electron chi connectivity index (χ0n) is 12.1. The number of amides is 2. The van der Waals surface area contributed by atoms with E-state index in [9.17, 15) is 9.59 Å². The van der Waals surface area contributed by atoms with Crippen LogP contribution >= 0.6 is 0 Å². The Morgan fingerprint density at radius 3 is 2.63 bits per heavy atom.